The Morgan fingerprint density at radius 3 is 1.53 bits per heavy atom. The van der Waals surface area contributed by atoms with Crippen molar-refractivity contribution in [2.24, 2.45) is 0 Å². The van der Waals surface area contributed by atoms with Crippen molar-refractivity contribution in [3.63, 3.8) is 0 Å². The lowest BCUT2D eigenvalue weighted by molar-refractivity contribution is 0.0263. The molecular weight excluding hydrogens is 231 g/mol. The van der Waals surface area contributed by atoms with E-state index < -0.39 is 0 Å². The largest absolute Gasteiger partial charge is 0.455 e. The molecule has 0 radical (unpaired) electrons. The number of hydrogen-bond acceptors (Lipinski definition) is 2. The molecule has 2 aromatic carbocycles. The van der Waals surface area contributed by atoms with Crippen molar-refractivity contribution in [2.75, 3.05) is 6.16 Å². The second-order valence-corrected chi connectivity index (χ2v) is 4.00. The molecule has 0 heterocycles. The molecule has 1 unspecified atom stereocenters. The third-order valence-corrected chi connectivity index (χ3v) is 2.60. The first-order chi connectivity index (χ1) is 8.38. The standard InChI is InChI=1S/C14H15O2P/c17-11-14(15-12-7-3-1-4-8-12)16-13-9-5-2-6-10-13/h1-10,14H,11,17H2. The van der Waals surface area contributed by atoms with Crippen LogP contribution >= 0.6 is 9.24 Å². The summed E-state index contributed by atoms with van der Waals surface area (Å²) >= 11 is 0. The SMILES string of the molecule is PCC(Oc1ccccc1)Oc1ccccc1. The van der Waals surface area contributed by atoms with Crippen molar-refractivity contribution in [1.29, 1.82) is 0 Å². The van der Waals surface area contributed by atoms with Crippen LogP contribution in [-0.2, 0) is 0 Å². The molecule has 17 heavy (non-hydrogen) atoms. The quantitative estimate of drug-likeness (QED) is 0.595. The zero-order chi connectivity index (χ0) is 11.9. The summed E-state index contributed by atoms with van der Waals surface area (Å²) in [6, 6.07) is 19.4. The van der Waals surface area contributed by atoms with Crippen molar-refractivity contribution in [3.8, 4) is 11.5 Å². The molecule has 0 aliphatic carbocycles. The average Bonchev–Trinajstić information content (AvgIpc) is 2.40. The molecule has 0 amide bonds. The highest BCUT2D eigenvalue weighted by atomic mass is 31.0. The van der Waals surface area contributed by atoms with Crippen molar-refractivity contribution >= 4 is 9.24 Å². The van der Waals surface area contributed by atoms with Gasteiger partial charge in [0, 0.05) is 6.16 Å². The maximum atomic E-state index is 5.72. The number of benzene rings is 2. The maximum absolute atomic E-state index is 5.72. The molecule has 2 aromatic rings. The smallest absolute Gasteiger partial charge is 0.244 e. The Morgan fingerprint density at radius 1 is 0.765 bits per heavy atom. The number of hydrogen-bond donors (Lipinski definition) is 0. The van der Waals surface area contributed by atoms with Gasteiger partial charge in [-0.3, -0.25) is 0 Å². The zero-order valence-electron chi connectivity index (χ0n) is 9.45. The van der Waals surface area contributed by atoms with E-state index in [2.05, 4.69) is 9.24 Å². The van der Waals surface area contributed by atoms with Crippen molar-refractivity contribution in [3.05, 3.63) is 60.7 Å². The second kappa shape index (κ2) is 6.27. The van der Waals surface area contributed by atoms with Crippen LogP contribution in [0.3, 0.4) is 0 Å². The van der Waals surface area contributed by atoms with Gasteiger partial charge in [-0.25, -0.2) is 0 Å². The second-order valence-electron chi connectivity index (χ2n) is 3.53. The topological polar surface area (TPSA) is 18.5 Å². The molecule has 0 aliphatic rings. The van der Waals surface area contributed by atoms with Gasteiger partial charge in [-0.05, 0) is 24.3 Å². The van der Waals surface area contributed by atoms with Gasteiger partial charge >= 0.3 is 0 Å². The van der Waals surface area contributed by atoms with Crippen molar-refractivity contribution in [2.45, 2.75) is 6.29 Å². The molecule has 1 atom stereocenters. The van der Waals surface area contributed by atoms with Crippen LogP contribution in [0.1, 0.15) is 0 Å². The lowest BCUT2D eigenvalue weighted by Gasteiger charge is -2.18. The Morgan fingerprint density at radius 2 is 1.18 bits per heavy atom. The van der Waals surface area contributed by atoms with E-state index in [1.54, 1.807) is 0 Å². The Kier molecular flexibility index (Phi) is 4.40. The lowest BCUT2D eigenvalue weighted by Crippen LogP contribution is -2.25. The highest BCUT2D eigenvalue weighted by Gasteiger charge is 2.09. The number of para-hydroxylation sites is 2. The maximum Gasteiger partial charge on any atom is 0.244 e. The van der Waals surface area contributed by atoms with Gasteiger partial charge in [0.2, 0.25) is 6.29 Å². The summed E-state index contributed by atoms with van der Waals surface area (Å²) in [7, 11) is 2.63. The molecular formula is C14H15O2P. The van der Waals surface area contributed by atoms with E-state index in [0.717, 1.165) is 11.5 Å². The molecule has 2 nitrogen and oxygen atoms in total. The number of rotatable bonds is 5. The van der Waals surface area contributed by atoms with Crippen LogP contribution in [0.5, 0.6) is 11.5 Å². The highest BCUT2D eigenvalue weighted by Crippen LogP contribution is 2.16. The van der Waals surface area contributed by atoms with Crippen LogP contribution in [0.4, 0.5) is 0 Å². The van der Waals surface area contributed by atoms with Crippen LogP contribution in [0.2, 0.25) is 0 Å². The van der Waals surface area contributed by atoms with Crippen molar-refractivity contribution < 1.29 is 9.47 Å². The van der Waals surface area contributed by atoms with E-state index in [9.17, 15) is 0 Å². The fraction of sp³-hybridized carbons (Fsp3) is 0.143. The molecule has 0 saturated carbocycles. The zero-order valence-corrected chi connectivity index (χ0v) is 10.6. The van der Waals surface area contributed by atoms with E-state index in [1.165, 1.54) is 0 Å². The van der Waals surface area contributed by atoms with Crippen LogP contribution in [0.25, 0.3) is 0 Å². The van der Waals surface area contributed by atoms with E-state index >= 15 is 0 Å². The molecule has 0 fully saturated rings. The average molecular weight is 246 g/mol. The Hall–Kier alpha value is -1.53. The lowest BCUT2D eigenvalue weighted by atomic mass is 10.3. The number of ether oxygens (including phenoxy) is 2. The van der Waals surface area contributed by atoms with Crippen LogP contribution in [-0.4, -0.2) is 12.5 Å². The van der Waals surface area contributed by atoms with Gasteiger partial charge in [0.05, 0.1) is 0 Å². The minimum atomic E-state index is -0.287. The summed E-state index contributed by atoms with van der Waals surface area (Å²) < 4.78 is 11.4. The summed E-state index contributed by atoms with van der Waals surface area (Å²) in [4.78, 5) is 0. The molecule has 0 aromatic heterocycles. The van der Waals surface area contributed by atoms with Crippen molar-refractivity contribution in [1.82, 2.24) is 0 Å². The molecule has 0 saturated heterocycles. The summed E-state index contributed by atoms with van der Waals surface area (Å²) in [5, 5.41) is 0. The third kappa shape index (κ3) is 3.76. The van der Waals surface area contributed by atoms with E-state index in [1.807, 2.05) is 60.7 Å². The molecule has 0 N–H and O–H groups in total. The Bertz CT molecular complexity index is 389. The van der Waals surface area contributed by atoms with Crippen LogP contribution in [0.15, 0.2) is 60.7 Å². The van der Waals surface area contributed by atoms with E-state index in [-0.39, 0.29) is 6.29 Å². The van der Waals surface area contributed by atoms with Crippen LogP contribution < -0.4 is 9.47 Å². The first kappa shape index (κ1) is 11.9. The summed E-state index contributed by atoms with van der Waals surface area (Å²) in [5.74, 6) is 1.63. The van der Waals surface area contributed by atoms with Gasteiger partial charge in [-0.2, -0.15) is 0 Å². The molecule has 0 aliphatic heterocycles. The fourth-order valence-corrected chi connectivity index (χ4v) is 1.61. The van der Waals surface area contributed by atoms with Gasteiger partial charge < -0.3 is 9.47 Å². The van der Waals surface area contributed by atoms with Gasteiger partial charge in [0.1, 0.15) is 11.5 Å². The molecule has 0 bridgehead atoms. The highest BCUT2D eigenvalue weighted by molar-refractivity contribution is 7.16. The molecule has 3 heteroatoms. The molecule has 2 rings (SSSR count). The summed E-state index contributed by atoms with van der Waals surface area (Å²) in [6.07, 6.45) is 0.425. The van der Waals surface area contributed by atoms with Gasteiger partial charge in [0.25, 0.3) is 0 Å². The van der Waals surface area contributed by atoms with Gasteiger partial charge in [-0.1, -0.05) is 36.4 Å². The monoisotopic (exact) mass is 246 g/mol. The predicted octanol–water partition coefficient (Wildman–Crippen LogP) is 3.35. The summed E-state index contributed by atoms with van der Waals surface area (Å²) in [6.45, 7) is 0. The third-order valence-electron chi connectivity index (χ3n) is 2.21. The minimum Gasteiger partial charge on any atom is -0.455 e. The van der Waals surface area contributed by atoms with Gasteiger partial charge in [0.15, 0.2) is 0 Å². The minimum absolute atomic E-state index is 0.287. The summed E-state index contributed by atoms with van der Waals surface area (Å²) in [5.41, 5.74) is 0. The van der Waals surface area contributed by atoms with Gasteiger partial charge in [-0.15, -0.1) is 9.24 Å². The first-order valence-corrected chi connectivity index (χ1v) is 6.33. The normalized spacial score (nSPS) is 10.2. The molecule has 0 spiro atoms. The molecule has 88 valence electrons. The van der Waals surface area contributed by atoms with E-state index in [0.29, 0.717) is 6.16 Å². The predicted molar refractivity (Wildman–Crippen MR) is 72.5 cm³/mol. The Balaban J connectivity index is 1.98. The fourth-order valence-electron chi connectivity index (χ4n) is 1.42. The first-order valence-electron chi connectivity index (χ1n) is 5.52. The van der Waals surface area contributed by atoms with Crippen LogP contribution in [0, 0.1) is 0 Å². The van der Waals surface area contributed by atoms with E-state index in [4.69, 9.17) is 9.47 Å². The Labute approximate surface area is 104 Å².